The van der Waals surface area contributed by atoms with Gasteiger partial charge >= 0.3 is 5.97 Å². The van der Waals surface area contributed by atoms with Crippen molar-refractivity contribution in [3.8, 4) is 11.3 Å². The summed E-state index contributed by atoms with van der Waals surface area (Å²) in [5.41, 5.74) is 1.73. The van der Waals surface area contributed by atoms with E-state index in [0.29, 0.717) is 21.8 Å². The maximum atomic E-state index is 10.9. The fraction of sp³-hybridized carbons (Fsp3) is 0. The summed E-state index contributed by atoms with van der Waals surface area (Å²) in [6.45, 7) is 0. The minimum Gasteiger partial charge on any atom is -0.477 e. The number of nitrogens with zero attached hydrogens (tertiary/aromatic N) is 4. The van der Waals surface area contributed by atoms with Crippen LogP contribution >= 0.6 is 11.6 Å². The van der Waals surface area contributed by atoms with Crippen LogP contribution in [0.3, 0.4) is 0 Å². The number of aromatic nitrogens is 4. The van der Waals surface area contributed by atoms with Crippen molar-refractivity contribution in [2.24, 2.45) is 0 Å². The Kier molecular flexibility index (Phi) is 3.00. The van der Waals surface area contributed by atoms with Crippen LogP contribution in [-0.4, -0.2) is 31.0 Å². The first-order valence-electron chi connectivity index (χ1n) is 5.60. The standard InChI is InChI=1S/C13H7ClN4O2/c14-9-1-7(2-11-8(9)4-15-5-16-11)10-3-12(13(19)20)18-6-17-10/h1-6H,(H,19,20). The SMILES string of the molecule is O=C(O)c1cc(-c2cc(Cl)c3cncnc3c2)ncn1. The molecule has 2 heterocycles. The van der Waals surface area contributed by atoms with Crippen LogP contribution < -0.4 is 0 Å². The summed E-state index contributed by atoms with van der Waals surface area (Å²) < 4.78 is 0. The molecular formula is C13H7ClN4O2. The predicted octanol–water partition coefficient (Wildman–Crippen LogP) is 2.44. The Hall–Kier alpha value is -2.60. The average molecular weight is 287 g/mol. The fourth-order valence-corrected chi connectivity index (χ4v) is 2.08. The van der Waals surface area contributed by atoms with Crippen LogP contribution in [0.5, 0.6) is 0 Å². The van der Waals surface area contributed by atoms with Gasteiger partial charge in [0.2, 0.25) is 0 Å². The first kappa shape index (κ1) is 12.4. The molecule has 0 fully saturated rings. The van der Waals surface area contributed by atoms with E-state index in [4.69, 9.17) is 16.7 Å². The van der Waals surface area contributed by atoms with Crippen molar-refractivity contribution in [1.29, 1.82) is 0 Å². The van der Waals surface area contributed by atoms with Crippen molar-refractivity contribution in [3.05, 3.63) is 47.8 Å². The summed E-state index contributed by atoms with van der Waals surface area (Å²) >= 11 is 6.17. The molecule has 6 nitrogen and oxygen atoms in total. The monoisotopic (exact) mass is 286 g/mol. The third kappa shape index (κ3) is 2.17. The van der Waals surface area contributed by atoms with E-state index in [1.165, 1.54) is 18.7 Å². The van der Waals surface area contributed by atoms with Crippen molar-refractivity contribution >= 4 is 28.5 Å². The molecule has 3 rings (SSSR count). The topological polar surface area (TPSA) is 88.9 Å². The van der Waals surface area contributed by atoms with E-state index in [0.717, 1.165) is 5.39 Å². The highest BCUT2D eigenvalue weighted by atomic mass is 35.5. The van der Waals surface area contributed by atoms with Gasteiger partial charge in [-0.1, -0.05) is 11.6 Å². The summed E-state index contributed by atoms with van der Waals surface area (Å²) in [7, 11) is 0. The minimum atomic E-state index is -1.11. The highest BCUT2D eigenvalue weighted by molar-refractivity contribution is 6.35. The molecule has 0 aliphatic carbocycles. The molecule has 0 amide bonds. The van der Waals surface area contributed by atoms with Gasteiger partial charge in [-0.2, -0.15) is 0 Å². The van der Waals surface area contributed by atoms with E-state index in [1.807, 2.05) is 0 Å². The van der Waals surface area contributed by atoms with Gasteiger partial charge in [0.15, 0.2) is 5.69 Å². The second-order valence-corrected chi connectivity index (χ2v) is 4.41. The van der Waals surface area contributed by atoms with E-state index in [2.05, 4.69) is 19.9 Å². The van der Waals surface area contributed by atoms with Gasteiger partial charge in [-0.15, -0.1) is 0 Å². The Morgan fingerprint density at radius 3 is 2.75 bits per heavy atom. The number of fused-ring (bicyclic) bond motifs is 1. The number of aromatic carboxylic acids is 1. The number of hydrogen-bond acceptors (Lipinski definition) is 5. The number of rotatable bonds is 2. The molecule has 2 aromatic heterocycles. The molecule has 0 aliphatic rings. The first-order chi connectivity index (χ1) is 9.65. The number of carbonyl (C=O) groups is 1. The lowest BCUT2D eigenvalue weighted by Crippen LogP contribution is -2.01. The highest BCUT2D eigenvalue weighted by Crippen LogP contribution is 2.28. The molecule has 20 heavy (non-hydrogen) atoms. The Balaban J connectivity index is 2.19. The van der Waals surface area contributed by atoms with Crippen molar-refractivity contribution < 1.29 is 9.90 Å². The van der Waals surface area contributed by atoms with Crippen LogP contribution in [0.1, 0.15) is 10.5 Å². The van der Waals surface area contributed by atoms with E-state index in [1.54, 1.807) is 18.3 Å². The Labute approximate surface area is 118 Å². The van der Waals surface area contributed by atoms with Crippen LogP contribution in [0.2, 0.25) is 5.02 Å². The van der Waals surface area contributed by atoms with Crippen molar-refractivity contribution in [3.63, 3.8) is 0 Å². The normalized spacial score (nSPS) is 10.7. The maximum absolute atomic E-state index is 10.9. The summed E-state index contributed by atoms with van der Waals surface area (Å²) in [6.07, 6.45) is 4.25. The van der Waals surface area contributed by atoms with Gasteiger partial charge in [0.1, 0.15) is 12.7 Å². The summed E-state index contributed by atoms with van der Waals surface area (Å²) in [5, 5.41) is 10.2. The molecule has 0 bridgehead atoms. The van der Waals surface area contributed by atoms with E-state index >= 15 is 0 Å². The minimum absolute atomic E-state index is 0.0751. The quantitative estimate of drug-likeness (QED) is 0.778. The van der Waals surface area contributed by atoms with Crippen LogP contribution in [0, 0.1) is 0 Å². The molecule has 0 radical (unpaired) electrons. The zero-order chi connectivity index (χ0) is 14.1. The molecule has 0 spiro atoms. The second-order valence-electron chi connectivity index (χ2n) is 4.01. The van der Waals surface area contributed by atoms with Crippen molar-refractivity contribution in [2.75, 3.05) is 0 Å². The summed E-state index contributed by atoms with van der Waals surface area (Å²) in [5.74, 6) is -1.11. The van der Waals surface area contributed by atoms with Crippen molar-refractivity contribution in [1.82, 2.24) is 19.9 Å². The molecule has 7 heteroatoms. The largest absolute Gasteiger partial charge is 0.477 e. The maximum Gasteiger partial charge on any atom is 0.354 e. The molecule has 1 aromatic carbocycles. The zero-order valence-corrected chi connectivity index (χ0v) is 10.7. The van der Waals surface area contributed by atoms with Gasteiger partial charge < -0.3 is 5.11 Å². The molecule has 3 aromatic rings. The Morgan fingerprint density at radius 2 is 1.95 bits per heavy atom. The van der Waals surface area contributed by atoms with Crippen LogP contribution in [0.4, 0.5) is 0 Å². The van der Waals surface area contributed by atoms with Crippen LogP contribution in [0.15, 0.2) is 37.1 Å². The lowest BCUT2D eigenvalue weighted by atomic mass is 10.1. The molecule has 0 aliphatic heterocycles. The zero-order valence-electron chi connectivity index (χ0n) is 9.99. The van der Waals surface area contributed by atoms with Crippen molar-refractivity contribution in [2.45, 2.75) is 0 Å². The molecule has 98 valence electrons. The third-order valence-electron chi connectivity index (χ3n) is 2.76. The predicted molar refractivity (Wildman–Crippen MR) is 72.5 cm³/mol. The Bertz CT molecular complexity index is 822. The Morgan fingerprint density at radius 1 is 1.10 bits per heavy atom. The average Bonchev–Trinajstić information content (AvgIpc) is 2.47. The number of carboxylic acids is 1. The second kappa shape index (κ2) is 4.82. The molecule has 0 atom stereocenters. The third-order valence-corrected chi connectivity index (χ3v) is 3.07. The molecule has 1 N–H and O–H groups in total. The van der Waals surface area contributed by atoms with E-state index in [-0.39, 0.29) is 5.69 Å². The van der Waals surface area contributed by atoms with Gasteiger partial charge in [0.05, 0.1) is 16.2 Å². The number of halogens is 1. The van der Waals surface area contributed by atoms with Gasteiger partial charge in [-0.3, -0.25) is 0 Å². The van der Waals surface area contributed by atoms with E-state index in [9.17, 15) is 4.79 Å². The van der Waals surface area contributed by atoms with Gasteiger partial charge in [0.25, 0.3) is 0 Å². The van der Waals surface area contributed by atoms with E-state index < -0.39 is 5.97 Å². The number of benzene rings is 1. The number of carboxylic acid groups (broad SMARTS) is 1. The molecule has 0 saturated heterocycles. The van der Waals surface area contributed by atoms with Crippen LogP contribution in [0.25, 0.3) is 22.2 Å². The lowest BCUT2D eigenvalue weighted by molar-refractivity contribution is 0.0690. The fourth-order valence-electron chi connectivity index (χ4n) is 1.82. The molecule has 0 saturated carbocycles. The molecular weight excluding hydrogens is 280 g/mol. The van der Waals surface area contributed by atoms with Crippen LogP contribution in [-0.2, 0) is 0 Å². The van der Waals surface area contributed by atoms with Gasteiger partial charge in [-0.05, 0) is 18.2 Å². The summed E-state index contributed by atoms with van der Waals surface area (Å²) in [4.78, 5) is 26.7. The van der Waals surface area contributed by atoms with Gasteiger partial charge in [0, 0.05) is 17.1 Å². The smallest absolute Gasteiger partial charge is 0.354 e. The first-order valence-corrected chi connectivity index (χ1v) is 5.98. The van der Waals surface area contributed by atoms with Gasteiger partial charge in [-0.25, -0.2) is 24.7 Å². The highest BCUT2D eigenvalue weighted by Gasteiger charge is 2.10. The molecule has 0 unspecified atom stereocenters. The lowest BCUT2D eigenvalue weighted by Gasteiger charge is -2.05. The summed E-state index contributed by atoms with van der Waals surface area (Å²) in [6, 6.07) is 4.86. The number of hydrogen-bond donors (Lipinski definition) is 1.